The van der Waals surface area contributed by atoms with Crippen molar-refractivity contribution in [3.8, 4) is 11.8 Å². The third-order valence-electron chi connectivity index (χ3n) is 3.44. The van der Waals surface area contributed by atoms with Crippen LogP contribution in [0.1, 0.15) is 36.8 Å². The average Bonchev–Trinajstić information content (AvgIpc) is 2.37. The van der Waals surface area contributed by atoms with Gasteiger partial charge in [-0.05, 0) is 31.0 Å². The second-order valence-electron chi connectivity index (χ2n) is 4.93. The maximum Gasteiger partial charge on any atom is 0.223 e. The molecule has 0 heterocycles. The number of benzene rings is 1. The molecule has 2 N–H and O–H groups in total. The van der Waals surface area contributed by atoms with Crippen LogP contribution in [-0.4, -0.2) is 17.6 Å². The van der Waals surface area contributed by atoms with Crippen molar-refractivity contribution in [2.45, 2.75) is 32.2 Å². The molecule has 0 spiro atoms. The lowest BCUT2D eigenvalue weighted by Gasteiger charge is -2.24. The first-order valence-electron chi connectivity index (χ1n) is 6.86. The van der Waals surface area contributed by atoms with Gasteiger partial charge < -0.3 is 10.4 Å². The number of hydrogen-bond donors (Lipinski definition) is 2. The molecule has 0 atom stereocenters. The summed E-state index contributed by atoms with van der Waals surface area (Å²) in [4.78, 5) is 11.7. The van der Waals surface area contributed by atoms with E-state index in [0.717, 1.165) is 19.3 Å². The standard InChI is InChI=1S/C16H18FNO2/c17-15-8-7-12(4-1-2-9-19)10-14(15)11-18-16(20)13-5-3-6-13/h7-8,10,13,19H,2-3,5-6,9,11H2,(H,18,20). The predicted molar refractivity (Wildman–Crippen MR) is 74.2 cm³/mol. The first kappa shape index (κ1) is 14.5. The fourth-order valence-electron chi connectivity index (χ4n) is 2.01. The Bertz CT molecular complexity index is 541. The Morgan fingerprint density at radius 3 is 2.90 bits per heavy atom. The van der Waals surface area contributed by atoms with Crippen LogP contribution in [-0.2, 0) is 11.3 Å². The van der Waals surface area contributed by atoms with Crippen LogP contribution in [0.2, 0.25) is 0 Å². The molecule has 1 aliphatic carbocycles. The maximum absolute atomic E-state index is 13.7. The lowest BCUT2D eigenvalue weighted by atomic mass is 9.85. The molecule has 0 aliphatic heterocycles. The Morgan fingerprint density at radius 2 is 2.25 bits per heavy atom. The quantitative estimate of drug-likeness (QED) is 0.825. The van der Waals surface area contributed by atoms with Crippen LogP contribution in [0.4, 0.5) is 4.39 Å². The van der Waals surface area contributed by atoms with E-state index in [-0.39, 0.29) is 30.8 Å². The maximum atomic E-state index is 13.7. The summed E-state index contributed by atoms with van der Waals surface area (Å²) in [7, 11) is 0. The van der Waals surface area contributed by atoms with Crippen LogP contribution in [0.5, 0.6) is 0 Å². The predicted octanol–water partition coefficient (Wildman–Crippen LogP) is 1.98. The zero-order chi connectivity index (χ0) is 14.4. The van der Waals surface area contributed by atoms with Gasteiger partial charge in [0, 0.05) is 30.0 Å². The molecule has 1 amide bonds. The number of aliphatic hydroxyl groups excluding tert-OH is 1. The van der Waals surface area contributed by atoms with Crippen molar-refractivity contribution in [1.29, 1.82) is 0 Å². The highest BCUT2D eigenvalue weighted by molar-refractivity contribution is 5.79. The van der Waals surface area contributed by atoms with Gasteiger partial charge in [0.05, 0.1) is 6.61 Å². The summed E-state index contributed by atoms with van der Waals surface area (Å²) in [5.74, 6) is 5.41. The van der Waals surface area contributed by atoms with Gasteiger partial charge >= 0.3 is 0 Å². The highest BCUT2D eigenvalue weighted by atomic mass is 19.1. The van der Waals surface area contributed by atoms with Crippen LogP contribution in [0.25, 0.3) is 0 Å². The smallest absolute Gasteiger partial charge is 0.223 e. The van der Waals surface area contributed by atoms with Crippen LogP contribution >= 0.6 is 0 Å². The van der Waals surface area contributed by atoms with Crippen molar-refractivity contribution in [2.24, 2.45) is 5.92 Å². The first-order chi connectivity index (χ1) is 9.70. The van der Waals surface area contributed by atoms with Crippen LogP contribution < -0.4 is 5.32 Å². The van der Waals surface area contributed by atoms with E-state index < -0.39 is 0 Å². The Kier molecular flexibility index (Phi) is 5.14. The molecule has 4 heteroatoms. The Morgan fingerprint density at radius 1 is 1.45 bits per heavy atom. The SMILES string of the molecule is O=C(NCc1cc(C#CCCO)ccc1F)C1CCC1. The number of carbonyl (C=O) groups excluding carboxylic acids is 1. The number of amides is 1. The van der Waals surface area contributed by atoms with Gasteiger partial charge in [0.1, 0.15) is 5.82 Å². The number of rotatable bonds is 4. The molecule has 0 bridgehead atoms. The molecule has 106 valence electrons. The highest BCUT2D eigenvalue weighted by Crippen LogP contribution is 2.26. The van der Waals surface area contributed by atoms with Crippen LogP contribution in [0.3, 0.4) is 0 Å². The summed E-state index contributed by atoms with van der Waals surface area (Å²) in [6.45, 7) is 0.204. The van der Waals surface area contributed by atoms with E-state index in [1.807, 2.05) is 0 Å². The molecule has 1 aromatic carbocycles. The number of aliphatic hydroxyl groups is 1. The first-order valence-corrected chi connectivity index (χ1v) is 6.86. The molecule has 0 aromatic heterocycles. The Balaban J connectivity index is 1.97. The normalized spacial score (nSPS) is 14.1. The highest BCUT2D eigenvalue weighted by Gasteiger charge is 2.24. The topological polar surface area (TPSA) is 49.3 Å². The number of nitrogens with one attached hydrogen (secondary N) is 1. The van der Waals surface area contributed by atoms with Crippen molar-refractivity contribution < 1.29 is 14.3 Å². The lowest BCUT2D eigenvalue weighted by Crippen LogP contribution is -2.34. The summed E-state index contributed by atoms with van der Waals surface area (Å²) in [5.41, 5.74) is 1.13. The molecule has 0 radical (unpaired) electrons. The minimum atomic E-state index is -0.341. The molecule has 0 unspecified atom stereocenters. The van der Waals surface area contributed by atoms with E-state index in [0.29, 0.717) is 17.5 Å². The molecular formula is C16H18FNO2. The van der Waals surface area contributed by atoms with Gasteiger partial charge in [-0.2, -0.15) is 0 Å². The third-order valence-corrected chi connectivity index (χ3v) is 3.44. The zero-order valence-corrected chi connectivity index (χ0v) is 11.3. The molecule has 1 fully saturated rings. The molecule has 1 aromatic rings. The molecule has 3 nitrogen and oxygen atoms in total. The Hall–Kier alpha value is -1.86. The van der Waals surface area contributed by atoms with Gasteiger partial charge in [-0.25, -0.2) is 4.39 Å². The third kappa shape index (κ3) is 3.82. The number of hydrogen-bond acceptors (Lipinski definition) is 2. The summed E-state index contributed by atoms with van der Waals surface area (Å²) in [6.07, 6.45) is 3.36. The van der Waals surface area contributed by atoms with Gasteiger partial charge in [0.2, 0.25) is 5.91 Å². The fourth-order valence-corrected chi connectivity index (χ4v) is 2.01. The summed E-state index contributed by atoms with van der Waals surface area (Å²) in [5, 5.41) is 11.4. The van der Waals surface area contributed by atoms with Crippen LogP contribution in [0.15, 0.2) is 18.2 Å². The minimum absolute atomic E-state index is 0.00687. The van der Waals surface area contributed by atoms with Gasteiger partial charge in [-0.3, -0.25) is 4.79 Å². The molecule has 1 saturated carbocycles. The van der Waals surface area contributed by atoms with Crippen LogP contribution in [0, 0.1) is 23.6 Å². The van der Waals surface area contributed by atoms with E-state index in [2.05, 4.69) is 17.2 Å². The molecule has 2 rings (SSSR count). The zero-order valence-electron chi connectivity index (χ0n) is 11.3. The van der Waals surface area contributed by atoms with E-state index >= 15 is 0 Å². The van der Waals surface area contributed by atoms with Crippen molar-refractivity contribution in [3.63, 3.8) is 0 Å². The summed E-state index contributed by atoms with van der Waals surface area (Å²) >= 11 is 0. The largest absolute Gasteiger partial charge is 0.395 e. The molecule has 0 saturated heterocycles. The van der Waals surface area contributed by atoms with E-state index in [4.69, 9.17) is 5.11 Å². The van der Waals surface area contributed by atoms with E-state index in [1.165, 1.54) is 6.07 Å². The summed E-state index contributed by atoms with van der Waals surface area (Å²) in [6, 6.07) is 4.59. The lowest BCUT2D eigenvalue weighted by molar-refractivity contribution is -0.127. The monoisotopic (exact) mass is 275 g/mol. The van der Waals surface area contributed by atoms with E-state index in [1.54, 1.807) is 12.1 Å². The molecule has 20 heavy (non-hydrogen) atoms. The Labute approximate surface area is 118 Å². The average molecular weight is 275 g/mol. The van der Waals surface area contributed by atoms with Crippen molar-refractivity contribution in [2.75, 3.05) is 6.61 Å². The van der Waals surface area contributed by atoms with Crippen molar-refractivity contribution in [3.05, 3.63) is 35.1 Å². The molecule has 1 aliphatic rings. The van der Waals surface area contributed by atoms with Crippen molar-refractivity contribution in [1.82, 2.24) is 5.32 Å². The van der Waals surface area contributed by atoms with Gasteiger partial charge in [0.15, 0.2) is 0 Å². The second kappa shape index (κ2) is 7.06. The molecular weight excluding hydrogens is 257 g/mol. The van der Waals surface area contributed by atoms with Gasteiger partial charge in [0.25, 0.3) is 0 Å². The second-order valence-corrected chi connectivity index (χ2v) is 4.93. The number of halogens is 1. The van der Waals surface area contributed by atoms with Crippen molar-refractivity contribution >= 4 is 5.91 Å². The fraction of sp³-hybridized carbons (Fsp3) is 0.438. The van der Waals surface area contributed by atoms with Gasteiger partial charge in [-0.1, -0.05) is 18.3 Å². The van der Waals surface area contributed by atoms with E-state index in [9.17, 15) is 9.18 Å². The minimum Gasteiger partial charge on any atom is -0.395 e. The van der Waals surface area contributed by atoms with Gasteiger partial charge in [-0.15, -0.1) is 0 Å². The summed E-state index contributed by atoms with van der Waals surface area (Å²) < 4.78 is 13.7. The number of carbonyl (C=O) groups is 1.